The van der Waals surface area contributed by atoms with Gasteiger partial charge < -0.3 is 25.2 Å². The lowest BCUT2D eigenvalue weighted by Gasteiger charge is -2.28. The number of nitrogens with one attached hydrogen (secondary N) is 2. The summed E-state index contributed by atoms with van der Waals surface area (Å²) in [4.78, 5) is 30.3. The standard InChI is InChI=1S/C32H31ClN6O5/c1-18-21(6-5-9-25(18)36-30(41)24-14-20(15-34)38-39(2)32(24)42)22-7-4-8-23(29(22)33)26-11-10-19(31(37-26)43-3)16-35-27-12-13-44-17-28(27)40/h4-11,14,27-28,35,40H,12-13,16-17H2,1-3H3,(H,36,41)/t27?,28-/m0/s1. The summed E-state index contributed by atoms with van der Waals surface area (Å²) in [6, 6.07) is 17.8. The van der Waals surface area contributed by atoms with Gasteiger partial charge in [-0.25, -0.2) is 9.67 Å². The Morgan fingerprint density at radius 1 is 1.20 bits per heavy atom. The van der Waals surface area contributed by atoms with Crippen molar-refractivity contribution >= 4 is 23.2 Å². The third-order valence-electron chi connectivity index (χ3n) is 7.58. The number of ether oxygens (including phenoxy) is 2. The number of carbonyl (C=O) groups is 1. The monoisotopic (exact) mass is 614 g/mol. The average molecular weight is 615 g/mol. The van der Waals surface area contributed by atoms with Crippen molar-refractivity contribution in [2.75, 3.05) is 25.6 Å². The van der Waals surface area contributed by atoms with Gasteiger partial charge in [0, 0.05) is 48.6 Å². The molecule has 2 atom stereocenters. The number of amides is 1. The summed E-state index contributed by atoms with van der Waals surface area (Å²) in [5.41, 5.74) is 4.02. The first-order valence-electron chi connectivity index (χ1n) is 13.9. The molecule has 0 spiro atoms. The number of carbonyl (C=O) groups excluding carboxylic acids is 1. The predicted molar refractivity (Wildman–Crippen MR) is 166 cm³/mol. The Morgan fingerprint density at radius 3 is 2.70 bits per heavy atom. The van der Waals surface area contributed by atoms with Crippen LogP contribution in [0.25, 0.3) is 22.4 Å². The molecule has 226 valence electrons. The molecule has 1 aliphatic heterocycles. The van der Waals surface area contributed by atoms with Gasteiger partial charge in [-0.05, 0) is 42.7 Å². The van der Waals surface area contributed by atoms with E-state index in [9.17, 15) is 20.0 Å². The summed E-state index contributed by atoms with van der Waals surface area (Å²) in [5.74, 6) is -0.206. The van der Waals surface area contributed by atoms with Crippen LogP contribution in [0.3, 0.4) is 0 Å². The van der Waals surface area contributed by atoms with Crippen LogP contribution in [0, 0.1) is 18.3 Å². The summed E-state index contributed by atoms with van der Waals surface area (Å²) < 4.78 is 11.9. The van der Waals surface area contributed by atoms with Crippen LogP contribution in [-0.2, 0) is 18.3 Å². The molecule has 1 unspecified atom stereocenters. The molecule has 5 rings (SSSR count). The molecule has 0 aliphatic carbocycles. The van der Waals surface area contributed by atoms with Crippen LogP contribution in [0.1, 0.15) is 33.6 Å². The van der Waals surface area contributed by atoms with Gasteiger partial charge in [-0.1, -0.05) is 48.0 Å². The van der Waals surface area contributed by atoms with Crippen LogP contribution in [-0.4, -0.2) is 58.2 Å². The second kappa shape index (κ2) is 13.4. The molecule has 0 saturated carbocycles. The number of aryl methyl sites for hydroxylation is 1. The molecule has 1 amide bonds. The van der Waals surface area contributed by atoms with E-state index in [0.29, 0.717) is 54.0 Å². The Bertz CT molecular complexity index is 1820. The van der Waals surface area contributed by atoms with E-state index in [4.69, 9.17) is 26.1 Å². The first-order valence-corrected chi connectivity index (χ1v) is 14.3. The molecular weight excluding hydrogens is 584 g/mol. The number of halogens is 1. The van der Waals surface area contributed by atoms with Crippen molar-refractivity contribution in [3.63, 3.8) is 0 Å². The highest BCUT2D eigenvalue weighted by atomic mass is 35.5. The number of benzene rings is 2. The molecule has 11 nitrogen and oxygen atoms in total. The van der Waals surface area contributed by atoms with Crippen molar-refractivity contribution in [1.29, 1.82) is 5.26 Å². The summed E-state index contributed by atoms with van der Waals surface area (Å²) in [5, 5.41) is 29.9. The first-order chi connectivity index (χ1) is 21.2. The van der Waals surface area contributed by atoms with Gasteiger partial charge in [-0.3, -0.25) is 9.59 Å². The Kier molecular flexibility index (Phi) is 9.37. The lowest BCUT2D eigenvalue weighted by molar-refractivity contribution is -0.0281. The van der Waals surface area contributed by atoms with Crippen molar-refractivity contribution in [3.05, 3.63) is 92.4 Å². The lowest BCUT2D eigenvalue weighted by Crippen LogP contribution is -2.46. The van der Waals surface area contributed by atoms with Crippen LogP contribution in [0.4, 0.5) is 5.69 Å². The summed E-state index contributed by atoms with van der Waals surface area (Å²) in [6.07, 6.45) is 0.143. The van der Waals surface area contributed by atoms with Gasteiger partial charge >= 0.3 is 0 Å². The van der Waals surface area contributed by atoms with Gasteiger partial charge in [-0.15, -0.1) is 0 Å². The van der Waals surface area contributed by atoms with E-state index in [1.165, 1.54) is 13.1 Å². The minimum atomic E-state index is -0.651. The first kappa shape index (κ1) is 30.8. The third-order valence-corrected chi connectivity index (χ3v) is 7.99. The summed E-state index contributed by atoms with van der Waals surface area (Å²) >= 11 is 6.99. The number of aliphatic hydroxyl groups excluding tert-OH is 1. The van der Waals surface area contributed by atoms with Crippen molar-refractivity contribution in [2.45, 2.75) is 32.0 Å². The second-order valence-electron chi connectivity index (χ2n) is 10.4. The molecule has 44 heavy (non-hydrogen) atoms. The smallest absolute Gasteiger partial charge is 0.279 e. The fraction of sp³-hybridized carbons (Fsp3) is 0.281. The van der Waals surface area contributed by atoms with E-state index in [1.807, 2.05) is 49.4 Å². The van der Waals surface area contributed by atoms with Gasteiger partial charge in [0.2, 0.25) is 5.88 Å². The number of hydrogen-bond acceptors (Lipinski definition) is 9. The molecular formula is C32H31ClN6O5. The molecule has 1 fully saturated rings. The lowest BCUT2D eigenvalue weighted by atomic mass is 9.96. The highest BCUT2D eigenvalue weighted by Gasteiger charge is 2.24. The number of nitrogens with zero attached hydrogens (tertiary/aromatic N) is 4. The van der Waals surface area contributed by atoms with Crippen LogP contribution < -0.4 is 20.9 Å². The van der Waals surface area contributed by atoms with Crippen LogP contribution >= 0.6 is 11.6 Å². The van der Waals surface area contributed by atoms with E-state index >= 15 is 0 Å². The van der Waals surface area contributed by atoms with Gasteiger partial charge in [-0.2, -0.15) is 10.4 Å². The van der Waals surface area contributed by atoms with Gasteiger partial charge in [0.1, 0.15) is 11.6 Å². The molecule has 1 saturated heterocycles. The Hall–Kier alpha value is -4.60. The zero-order valence-electron chi connectivity index (χ0n) is 24.4. The number of rotatable bonds is 8. The third kappa shape index (κ3) is 6.34. The van der Waals surface area contributed by atoms with E-state index in [1.54, 1.807) is 19.2 Å². The molecule has 1 aliphatic rings. The van der Waals surface area contributed by atoms with Crippen LogP contribution in [0.5, 0.6) is 5.88 Å². The number of hydrogen-bond donors (Lipinski definition) is 3. The molecule has 4 aromatic rings. The van der Waals surface area contributed by atoms with Gasteiger partial charge in [0.15, 0.2) is 5.69 Å². The number of nitriles is 1. The zero-order valence-corrected chi connectivity index (χ0v) is 25.2. The average Bonchev–Trinajstić information content (AvgIpc) is 3.03. The van der Waals surface area contributed by atoms with E-state index in [0.717, 1.165) is 26.9 Å². The highest BCUT2D eigenvalue weighted by Crippen LogP contribution is 2.39. The fourth-order valence-electron chi connectivity index (χ4n) is 5.15. The van der Waals surface area contributed by atoms with E-state index < -0.39 is 17.6 Å². The highest BCUT2D eigenvalue weighted by molar-refractivity contribution is 6.36. The molecule has 3 N–H and O–H groups in total. The maximum atomic E-state index is 13.1. The Morgan fingerprint density at radius 2 is 1.95 bits per heavy atom. The number of pyridine rings is 1. The number of aromatic nitrogens is 3. The maximum Gasteiger partial charge on any atom is 0.279 e. The normalized spacial score (nSPS) is 16.3. The largest absolute Gasteiger partial charge is 0.481 e. The summed E-state index contributed by atoms with van der Waals surface area (Å²) in [6.45, 7) is 3.22. The van der Waals surface area contributed by atoms with E-state index in [-0.39, 0.29) is 17.3 Å². The zero-order chi connectivity index (χ0) is 31.4. The molecule has 0 radical (unpaired) electrons. The van der Waals surface area contributed by atoms with Gasteiger partial charge in [0.25, 0.3) is 11.5 Å². The molecule has 0 bridgehead atoms. The number of aliphatic hydroxyl groups is 1. The van der Waals surface area contributed by atoms with Crippen molar-refractivity contribution < 1.29 is 19.4 Å². The number of anilines is 1. The topological polar surface area (TPSA) is 151 Å². The molecule has 3 heterocycles. The quantitative estimate of drug-likeness (QED) is 0.269. The molecule has 2 aromatic carbocycles. The van der Waals surface area contributed by atoms with Crippen molar-refractivity contribution in [1.82, 2.24) is 20.1 Å². The SMILES string of the molecule is COc1nc(-c2cccc(-c3cccc(NC(=O)c4cc(C#N)nn(C)c4=O)c3C)c2Cl)ccc1CNC1CCOC[C@@H]1O. The van der Waals surface area contributed by atoms with E-state index in [2.05, 4.69) is 15.7 Å². The fourth-order valence-corrected chi connectivity index (χ4v) is 5.47. The minimum Gasteiger partial charge on any atom is -0.481 e. The predicted octanol–water partition coefficient (Wildman–Crippen LogP) is 3.84. The minimum absolute atomic E-state index is 0.0426. The van der Waals surface area contributed by atoms with Crippen molar-refractivity contribution in [3.8, 4) is 34.3 Å². The maximum absolute atomic E-state index is 13.1. The van der Waals surface area contributed by atoms with Gasteiger partial charge in [0.05, 0.1) is 30.5 Å². The molecule has 2 aromatic heterocycles. The van der Waals surface area contributed by atoms with Crippen molar-refractivity contribution in [2.24, 2.45) is 7.05 Å². The van der Waals surface area contributed by atoms with Crippen LogP contribution in [0.15, 0.2) is 59.4 Å². The van der Waals surface area contributed by atoms with Crippen LogP contribution in [0.2, 0.25) is 5.02 Å². The second-order valence-corrected chi connectivity index (χ2v) is 10.7. The Labute approximate surface area is 259 Å². The molecule has 12 heteroatoms. The number of methoxy groups -OCH3 is 1. The summed E-state index contributed by atoms with van der Waals surface area (Å²) in [7, 11) is 2.94. The Balaban J connectivity index is 1.42.